The van der Waals surface area contributed by atoms with E-state index in [1.54, 1.807) is 4.90 Å². The Morgan fingerprint density at radius 2 is 1.92 bits per heavy atom. The van der Waals surface area contributed by atoms with E-state index < -0.39 is 5.60 Å². The number of nitrogens with zero attached hydrogens (tertiary/aromatic N) is 2. The summed E-state index contributed by atoms with van der Waals surface area (Å²) in [6, 6.07) is 10.3. The maximum atomic E-state index is 12.6. The number of rotatable bonds is 6. The van der Waals surface area contributed by atoms with Crippen LogP contribution in [0.4, 0.5) is 0 Å². The van der Waals surface area contributed by atoms with Gasteiger partial charge in [-0.15, -0.1) is 0 Å². The van der Waals surface area contributed by atoms with Crippen LogP contribution in [-0.4, -0.2) is 72.4 Å². The summed E-state index contributed by atoms with van der Waals surface area (Å²) < 4.78 is 5.60. The first-order valence-corrected chi connectivity index (χ1v) is 9.49. The second-order valence-electron chi connectivity index (χ2n) is 7.41. The van der Waals surface area contributed by atoms with Crippen LogP contribution >= 0.6 is 0 Å². The summed E-state index contributed by atoms with van der Waals surface area (Å²) in [7, 11) is 0. The quantitative estimate of drug-likeness (QED) is 0.852. The minimum absolute atomic E-state index is 0.126. The topological polar surface area (TPSA) is 53.0 Å². The van der Waals surface area contributed by atoms with Crippen LogP contribution in [0.15, 0.2) is 30.3 Å². The molecule has 1 atom stereocenters. The molecule has 138 valence electrons. The lowest BCUT2D eigenvalue weighted by Gasteiger charge is -2.34. The fraction of sp³-hybridized carbons (Fsp3) is 0.650. The van der Waals surface area contributed by atoms with Crippen molar-refractivity contribution in [3.05, 3.63) is 35.9 Å². The SMILES string of the molecule is O=C(CCCc1ccccc1)N1CCOC[C@](O)(CN2CCCC2)C1. The molecule has 0 spiro atoms. The van der Waals surface area contributed by atoms with Gasteiger partial charge in [-0.1, -0.05) is 30.3 Å². The van der Waals surface area contributed by atoms with E-state index in [-0.39, 0.29) is 5.91 Å². The Balaban J connectivity index is 1.50. The maximum absolute atomic E-state index is 12.6. The summed E-state index contributed by atoms with van der Waals surface area (Å²) in [5, 5.41) is 11.0. The summed E-state index contributed by atoms with van der Waals surface area (Å²) in [6.07, 6.45) is 4.66. The molecule has 2 heterocycles. The van der Waals surface area contributed by atoms with Crippen molar-refractivity contribution in [2.24, 2.45) is 0 Å². The van der Waals surface area contributed by atoms with E-state index in [4.69, 9.17) is 4.74 Å². The normalized spacial score (nSPS) is 25.1. The predicted molar refractivity (Wildman–Crippen MR) is 97.4 cm³/mol. The van der Waals surface area contributed by atoms with Gasteiger partial charge in [-0.2, -0.15) is 0 Å². The van der Waals surface area contributed by atoms with Crippen molar-refractivity contribution in [2.75, 3.05) is 45.9 Å². The first-order valence-electron chi connectivity index (χ1n) is 9.49. The Morgan fingerprint density at radius 1 is 1.16 bits per heavy atom. The minimum Gasteiger partial charge on any atom is -0.384 e. The molecule has 3 rings (SSSR count). The Hall–Kier alpha value is -1.43. The second-order valence-corrected chi connectivity index (χ2v) is 7.41. The predicted octanol–water partition coefficient (Wildman–Crippen LogP) is 1.70. The van der Waals surface area contributed by atoms with Gasteiger partial charge in [-0.25, -0.2) is 0 Å². The average Bonchev–Trinajstić information content (AvgIpc) is 3.03. The summed E-state index contributed by atoms with van der Waals surface area (Å²) in [6.45, 7) is 4.45. The highest BCUT2D eigenvalue weighted by atomic mass is 16.5. The summed E-state index contributed by atoms with van der Waals surface area (Å²) in [5.74, 6) is 0.126. The van der Waals surface area contributed by atoms with Gasteiger partial charge in [-0.05, 0) is 44.3 Å². The van der Waals surface area contributed by atoms with Crippen LogP contribution in [0, 0.1) is 0 Å². The first kappa shape index (κ1) is 18.4. The molecular formula is C20H30N2O3. The van der Waals surface area contributed by atoms with E-state index in [1.807, 2.05) is 18.2 Å². The molecule has 0 bridgehead atoms. The van der Waals surface area contributed by atoms with Gasteiger partial charge >= 0.3 is 0 Å². The molecule has 0 saturated carbocycles. The van der Waals surface area contributed by atoms with E-state index in [2.05, 4.69) is 17.0 Å². The molecule has 2 aliphatic rings. The highest BCUT2D eigenvalue weighted by Gasteiger charge is 2.36. The molecule has 0 radical (unpaired) electrons. The molecule has 0 aliphatic carbocycles. The Kier molecular flexibility index (Phi) is 6.45. The number of hydrogen-bond donors (Lipinski definition) is 1. The lowest BCUT2D eigenvalue weighted by Crippen LogP contribution is -2.53. The third-order valence-electron chi connectivity index (χ3n) is 5.13. The smallest absolute Gasteiger partial charge is 0.222 e. The molecule has 1 aromatic rings. The molecule has 25 heavy (non-hydrogen) atoms. The largest absolute Gasteiger partial charge is 0.384 e. The van der Waals surface area contributed by atoms with Crippen molar-refractivity contribution in [3.8, 4) is 0 Å². The average molecular weight is 346 g/mol. The third-order valence-corrected chi connectivity index (χ3v) is 5.13. The van der Waals surface area contributed by atoms with Gasteiger partial charge in [0.1, 0.15) is 5.60 Å². The van der Waals surface area contributed by atoms with Crippen LogP contribution in [0.1, 0.15) is 31.2 Å². The third kappa shape index (κ3) is 5.53. The molecule has 1 amide bonds. The highest BCUT2D eigenvalue weighted by molar-refractivity contribution is 5.76. The van der Waals surface area contributed by atoms with Gasteiger partial charge in [0, 0.05) is 19.5 Å². The molecular weight excluding hydrogens is 316 g/mol. The maximum Gasteiger partial charge on any atom is 0.222 e. The fourth-order valence-corrected chi connectivity index (χ4v) is 3.83. The van der Waals surface area contributed by atoms with Crippen molar-refractivity contribution in [3.63, 3.8) is 0 Å². The van der Waals surface area contributed by atoms with Crippen LogP contribution < -0.4 is 0 Å². The van der Waals surface area contributed by atoms with Gasteiger partial charge in [0.2, 0.25) is 5.91 Å². The van der Waals surface area contributed by atoms with Crippen molar-refractivity contribution >= 4 is 5.91 Å². The highest BCUT2D eigenvalue weighted by Crippen LogP contribution is 2.19. The van der Waals surface area contributed by atoms with Crippen molar-refractivity contribution in [1.29, 1.82) is 0 Å². The Bertz CT molecular complexity index is 545. The number of carbonyl (C=O) groups excluding carboxylic acids is 1. The van der Waals surface area contributed by atoms with Crippen LogP contribution in [0.2, 0.25) is 0 Å². The number of hydrogen-bond acceptors (Lipinski definition) is 4. The molecule has 5 nitrogen and oxygen atoms in total. The van der Waals surface area contributed by atoms with Gasteiger partial charge in [0.15, 0.2) is 0 Å². The zero-order valence-electron chi connectivity index (χ0n) is 15.0. The van der Waals surface area contributed by atoms with Crippen molar-refractivity contribution < 1.29 is 14.6 Å². The monoisotopic (exact) mass is 346 g/mol. The molecule has 0 aromatic heterocycles. The summed E-state index contributed by atoms with van der Waals surface area (Å²) >= 11 is 0. The molecule has 2 fully saturated rings. The molecule has 0 unspecified atom stereocenters. The molecule has 1 aromatic carbocycles. The van der Waals surface area contributed by atoms with Crippen molar-refractivity contribution in [1.82, 2.24) is 9.80 Å². The van der Waals surface area contributed by atoms with Crippen LogP contribution in [-0.2, 0) is 16.0 Å². The van der Waals surface area contributed by atoms with Crippen LogP contribution in [0.3, 0.4) is 0 Å². The van der Waals surface area contributed by atoms with E-state index in [9.17, 15) is 9.90 Å². The van der Waals surface area contributed by atoms with Gasteiger partial charge in [-0.3, -0.25) is 4.79 Å². The lowest BCUT2D eigenvalue weighted by molar-refractivity contribution is -0.134. The minimum atomic E-state index is -0.948. The number of β-amino-alcohol motifs (C(OH)–C–C–N with tert-alkyl or cyclic N) is 1. The second kappa shape index (κ2) is 8.79. The Morgan fingerprint density at radius 3 is 2.68 bits per heavy atom. The van der Waals surface area contributed by atoms with E-state index in [1.165, 1.54) is 18.4 Å². The van der Waals surface area contributed by atoms with Crippen LogP contribution in [0.5, 0.6) is 0 Å². The summed E-state index contributed by atoms with van der Waals surface area (Å²) in [4.78, 5) is 16.7. The van der Waals surface area contributed by atoms with E-state index in [0.29, 0.717) is 39.3 Å². The van der Waals surface area contributed by atoms with Gasteiger partial charge < -0.3 is 19.6 Å². The molecule has 2 saturated heterocycles. The number of benzene rings is 1. The van der Waals surface area contributed by atoms with E-state index >= 15 is 0 Å². The number of amides is 1. The Labute approximate surface area is 150 Å². The number of aliphatic hydroxyl groups is 1. The lowest BCUT2D eigenvalue weighted by atomic mass is 10.0. The number of likely N-dealkylation sites (tertiary alicyclic amines) is 1. The van der Waals surface area contributed by atoms with E-state index in [0.717, 1.165) is 25.9 Å². The molecule has 2 aliphatic heterocycles. The standard InChI is InChI=1S/C20H30N2O3/c23-19(10-6-9-18-7-2-1-3-8-18)22-13-14-25-17-20(24,16-22)15-21-11-4-5-12-21/h1-3,7-8,24H,4-6,9-17H2/t20-/m0/s1. The zero-order valence-corrected chi connectivity index (χ0v) is 15.0. The van der Waals surface area contributed by atoms with Gasteiger partial charge in [0.25, 0.3) is 0 Å². The number of ether oxygens (including phenoxy) is 1. The fourth-order valence-electron chi connectivity index (χ4n) is 3.83. The number of aryl methyl sites for hydroxylation is 1. The summed E-state index contributed by atoms with van der Waals surface area (Å²) in [5.41, 5.74) is 0.315. The van der Waals surface area contributed by atoms with Gasteiger partial charge in [0.05, 0.1) is 19.8 Å². The zero-order chi connectivity index (χ0) is 17.5. The number of carbonyl (C=O) groups is 1. The van der Waals surface area contributed by atoms with Crippen LogP contribution in [0.25, 0.3) is 0 Å². The first-order chi connectivity index (χ1) is 12.1. The van der Waals surface area contributed by atoms with Crippen molar-refractivity contribution in [2.45, 2.75) is 37.7 Å². The molecule has 1 N–H and O–H groups in total. The molecule has 5 heteroatoms.